The van der Waals surface area contributed by atoms with Gasteiger partial charge in [0.2, 0.25) is 5.43 Å². The molecule has 7 rings (SSSR count). The Bertz CT molecular complexity index is 2110. The minimum Gasteiger partial charge on any atom is -0.493 e. The van der Waals surface area contributed by atoms with E-state index in [1.165, 1.54) is 6.07 Å². The van der Waals surface area contributed by atoms with Gasteiger partial charge in [-0.1, -0.05) is 40.2 Å². The number of pyridine rings is 1. The summed E-state index contributed by atoms with van der Waals surface area (Å²) in [7, 11) is 1.60. The molecule has 0 bridgehead atoms. The Kier molecular flexibility index (Phi) is 11.9. The molecule has 4 aromatic rings. The molecule has 1 aromatic heterocycles. The van der Waals surface area contributed by atoms with Crippen LogP contribution in [-0.4, -0.2) is 69.5 Å². The molecule has 11 nitrogen and oxygen atoms in total. The number of benzene rings is 3. The molecule has 0 radical (unpaired) electrons. The quantitative estimate of drug-likeness (QED) is 0.162. The molecule has 1 amide bonds. The summed E-state index contributed by atoms with van der Waals surface area (Å²) in [6, 6.07) is 17.5. The molecule has 13 heteroatoms. The number of allylic oxidation sites excluding steroid dienone is 2. The monoisotopic (exact) mass is 800 g/mol. The summed E-state index contributed by atoms with van der Waals surface area (Å²) < 4.78 is 45.8. The number of ether oxygens (including phenoxy) is 5. The van der Waals surface area contributed by atoms with Gasteiger partial charge in [-0.15, -0.1) is 0 Å². The van der Waals surface area contributed by atoms with E-state index in [2.05, 4.69) is 26.6 Å². The van der Waals surface area contributed by atoms with Crippen molar-refractivity contribution >= 4 is 38.7 Å². The summed E-state index contributed by atoms with van der Waals surface area (Å²) in [5.41, 5.74) is 10.0. The Morgan fingerprint density at radius 1 is 0.981 bits per heavy atom. The number of amides is 1. The van der Waals surface area contributed by atoms with E-state index in [-0.39, 0.29) is 22.8 Å². The molecule has 4 N–H and O–H groups in total. The third-order valence-corrected chi connectivity index (χ3v) is 10.2. The number of nitrogens with zero attached hydrogens (tertiary/aromatic N) is 1. The number of anilines is 1. The number of nitrogens with two attached hydrogens (primary N) is 1. The lowest BCUT2D eigenvalue weighted by Gasteiger charge is -2.24. The maximum Gasteiger partial charge on any atom is 0.261 e. The Morgan fingerprint density at radius 3 is 2.52 bits per heavy atom. The van der Waals surface area contributed by atoms with Crippen molar-refractivity contribution < 1.29 is 32.9 Å². The lowest BCUT2D eigenvalue weighted by atomic mass is 9.95. The van der Waals surface area contributed by atoms with Crippen LogP contribution in [-0.2, 0) is 20.8 Å². The molecular formula is C41H42BrFN4O7. The maximum absolute atomic E-state index is 15.1. The van der Waals surface area contributed by atoms with Crippen LogP contribution in [0.15, 0.2) is 94.6 Å². The number of rotatable bonds is 11. The summed E-state index contributed by atoms with van der Waals surface area (Å²) >= 11 is 3.28. The van der Waals surface area contributed by atoms with Crippen LogP contribution in [0.25, 0.3) is 22.3 Å². The molecule has 3 aromatic carbocycles. The van der Waals surface area contributed by atoms with E-state index in [0.29, 0.717) is 73.8 Å². The van der Waals surface area contributed by atoms with Crippen LogP contribution >= 0.6 is 15.9 Å². The predicted molar refractivity (Wildman–Crippen MR) is 208 cm³/mol. The lowest BCUT2D eigenvalue weighted by Crippen LogP contribution is -2.36. The normalized spacial score (nSPS) is 19.0. The molecule has 54 heavy (non-hydrogen) atoms. The highest BCUT2D eigenvalue weighted by atomic mass is 79.9. The molecule has 2 saturated heterocycles. The molecule has 3 aliphatic heterocycles. The van der Waals surface area contributed by atoms with Crippen molar-refractivity contribution in [3.63, 3.8) is 0 Å². The molecule has 0 saturated carbocycles. The molecule has 2 unspecified atom stereocenters. The number of hydrogen-bond donors (Lipinski definition) is 3. The standard InChI is InChI=1S/C41H42BrFN4O7/c1-50-38-17-27(4-9-37(38)54-24-31-23-52-14-15-53-31)28-16-33(40(44)45-19-28)26-2-6-30(7-3-26)46-41(49)35-22-47(20-25-10-12-51-13-11-25)21-34(39(35)48)32-8-5-29(42)18-36(32)43/h2-9,16-19,21-22,25,31,40,45H,10-15,20,23-24,44H2,1H3,(H,46,49). The summed E-state index contributed by atoms with van der Waals surface area (Å²) in [4.78, 5) is 27.5. The summed E-state index contributed by atoms with van der Waals surface area (Å²) in [6.45, 7) is 3.85. The van der Waals surface area contributed by atoms with Gasteiger partial charge in [0, 0.05) is 59.6 Å². The Hall–Kier alpha value is -4.79. The topological polar surface area (TPSA) is 135 Å². The zero-order valence-corrected chi connectivity index (χ0v) is 31.4. The number of halogens is 2. The molecule has 4 heterocycles. The van der Waals surface area contributed by atoms with Crippen LogP contribution in [0.4, 0.5) is 10.1 Å². The fraction of sp³-hybridized carbons (Fsp3) is 0.317. The van der Waals surface area contributed by atoms with Gasteiger partial charge in [0.1, 0.15) is 30.3 Å². The van der Waals surface area contributed by atoms with Gasteiger partial charge in [-0.05, 0) is 83.5 Å². The van der Waals surface area contributed by atoms with Crippen LogP contribution in [0.1, 0.15) is 34.3 Å². The molecular weight excluding hydrogens is 759 g/mol. The van der Waals surface area contributed by atoms with E-state index in [4.69, 9.17) is 29.4 Å². The van der Waals surface area contributed by atoms with E-state index in [0.717, 1.165) is 35.1 Å². The second-order valence-corrected chi connectivity index (χ2v) is 14.3. The van der Waals surface area contributed by atoms with Crippen molar-refractivity contribution in [1.82, 2.24) is 9.88 Å². The lowest BCUT2D eigenvalue weighted by molar-refractivity contribution is -0.101. The van der Waals surface area contributed by atoms with E-state index >= 15 is 4.39 Å². The predicted octanol–water partition coefficient (Wildman–Crippen LogP) is 6.21. The second kappa shape index (κ2) is 17.1. The minimum atomic E-state index is -0.589. The van der Waals surface area contributed by atoms with Crippen LogP contribution in [0, 0.1) is 11.7 Å². The Balaban J connectivity index is 1.09. The largest absolute Gasteiger partial charge is 0.493 e. The second-order valence-electron chi connectivity index (χ2n) is 13.4. The van der Waals surface area contributed by atoms with Crippen molar-refractivity contribution in [2.24, 2.45) is 11.7 Å². The molecule has 2 fully saturated rings. The molecule has 282 valence electrons. The number of nitrogens with one attached hydrogen (secondary N) is 2. The fourth-order valence-corrected chi connectivity index (χ4v) is 7.08. The van der Waals surface area contributed by atoms with Crippen LogP contribution in [0.3, 0.4) is 0 Å². The highest BCUT2D eigenvalue weighted by Gasteiger charge is 2.23. The van der Waals surface area contributed by atoms with Gasteiger partial charge in [-0.25, -0.2) is 4.39 Å². The summed E-state index contributed by atoms with van der Waals surface area (Å²) in [5, 5.41) is 6.10. The van der Waals surface area contributed by atoms with E-state index < -0.39 is 23.3 Å². The summed E-state index contributed by atoms with van der Waals surface area (Å²) in [5.74, 6) is 0.336. The zero-order chi connectivity index (χ0) is 37.6. The number of hydrogen-bond acceptors (Lipinski definition) is 9. The average Bonchev–Trinajstić information content (AvgIpc) is 3.19. The first-order valence-corrected chi connectivity index (χ1v) is 18.7. The van der Waals surface area contributed by atoms with Crippen molar-refractivity contribution in [3.8, 4) is 22.6 Å². The maximum atomic E-state index is 15.1. The average molecular weight is 802 g/mol. The van der Waals surface area contributed by atoms with E-state index in [1.54, 1.807) is 43.8 Å². The first-order chi connectivity index (χ1) is 26.2. The van der Waals surface area contributed by atoms with E-state index in [1.807, 2.05) is 47.2 Å². The van der Waals surface area contributed by atoms with Crippen molar-refractivity contribution in [3.05, 3.63) is 123 Å². The Labute approximate surface area is 321 Å². The van der Waals surface area contributed by atoms with Gasteiger partial charge >= 0.3 is 0 Å². The highest BCUT2D eigenvalue weighted by Crippen LogP contribution is 2.34. The molecule has 3 aliphatic rings. The third kappa shape index (κ3) is 8.77. The summed E-state index contributed by atoms with van der Waals surface area (Å²) in [6.07, 6.45) is 8.15. The number of carbonyl (C=O) groups is 1. The molecule has 0 aliphatic carbocycles. The van der Waals surface area contributed by atoms with Crippen LogP contribution < -0.4 is 31.3 Å². The smallest absolute Gasteiger partial charge is 0.261 e. The number of methoxy groups -OCH3 is 1. The van der Waals surface area contributed by atoms with Crippen LogP contribution in [0.2, 0.25) is 0 Å². The minimum absolute atomic E-state index is 0.0786. The van der Waals surface area contributed by atoms with Crippen LogP contribution in [0.5, 0.6) is 11.5 Å². The fourth-order valence-electron chi connectivity index (χ4n) is 6.75. The third-order valence-electron chi connectivity index (χ3n) is 9.70. The Morgan fingerprint density at radius 2 is 1.78 bits per heavy atom. The highest BCUT2D eigenvalue weighted by molar-refractivity contribution is 9.10. The van der Waals surface area contributed by atoms with Gasteiger partial charge in [0.05, 0.1) is 26.9 Å². The van der Waals surface area contributed by atoms with Gasteiger partial charge in [-0.2, -0.15) is 0 Å². The van der Waals surface area contributed by atoms with Crippen molar-refractivity contribution in [1.29, 1.82) is 0 Å². The van der Waals surface area contributed by atoms with Crippen molar-refractivity contribution in [2.75, 3.05) is 52.1 Å². The van der Waals surface area contributed by atoms with Gasteiger partial charge in [0.15, 0.2) is 11.5 Å². The number of carbonyl (C=O) groups excluding carboxylic acids is 1. The van der Waals surface area contributed by atoms with Gasteiger partial charge in [0.25, 0.3) is 5.91 Å². The zero-order valence-electron chi connectivity index (χ0n) is 29.8. The van der Waals surface area contributed by atoms with Gasteiger partial charge < -0.3 is 44.6 Å². The molecule has 0 spiro atoms. The van der Waals surface area contributed by atoms with Crippen molar-refractivity contribution in [2.45, 2.75) is 31.7 Å². The van der Waals surface area contributed by atoms with Gasteiger partial charge in [-0.3, -0.25) is 9.59 Å². The molecule has 2 atom stereocenters. The number of dihydropyridines is 1. The van der Waals surface area contributed by atoms with E-state index in [9.17, 15) is 9.59 Å². The SMILES string of the molecule is COc1cc(C2=CNC(N)C(c3ccc(NC(=O)c4cn(CC5CCOCC5)cc(-c5ccc(Br)cc5F)c4=O)cc3)=C2)ccc1OCC1COCCO1. The first kappa shape index (κ1) is 37.5. The first-order valence-electron chi connectivity index (χ1n) is 17.9. The number of aromatic nitrogens is 1.